The molecule has 0 fully saturated rings. The van der Waals surface area contributed by atoms with Crippen LogP contribution in [0.25, 0.3) is 0 Å². The molecule has 0 bridgehead atoms. The minimum atomic E-state index is 0.603. The van der Waals surface area contributed by atoms with Gasteiger partial charge in [0.25, 0.3) is 0 Å². The van der Waals surface area contributed by atoms with Crippen molar-refractivity contribution in [3.05, 3.63) is 11.9 Å². The molecule has 0 radical (unpaired) electrons. The molecule has 5 heteroatoms. The van der Waals surface area contributed by atoms with E-state index in [4.69, 9.17) is 5.73 Å². The summed E-state index contributed by atoms with van der Waals surface area (Å²) in [5, 5.41) is 8.13. The summed E-state index contributed by atoms with van der Waals surface area (Å²) in [5.74, 6) is 0.746. The highest BCUT2D eigenvalue weighted by molar-refractivity contribution is 4.91. The summed E-state index contributed by atoms with van der Waals surface area (Å²) in [5.41, 5.74) is 6.47. The van der Waals surface area contributed by atoms with Gasteiger partial charge >= 0.3 is 0 Å². The average Bonchev–Trinajstić information content (AvgIpc) is 2.63. The van der Waals surface area contributed by atoms with Gasteiger partial charge in [0.05, 0.1) is 12.2 Å². The smallest absolute Gasteiger partial charge is 0.0967 e. The van der Waals surface area contributed by atoms with Gasteiger partial charge in [-0.1, -0.05) is 19.1 Å². The number of hydrogen-bond donors (Lipinski definition) is 1. The Morgan fingerprint density at radius 2 is 2.25 bits per heavy atom. The molecule has 0 unspecified atom stereocenters. The third-order valence-electron chi connectivity index (χ3n) is 2.46. The van der Waals surface area contributed by atoms with Gasteiger partial charge in [0.2, 0.25) is 0 Å². The molecule has 1 aromatic rings. The van der Waals surface area contributed by atoms with E-state index in [1.54, 1.807) is 4.68 Å². The van der Waals surface area contributed by atoms with Crippen molar-refractivity contribution >= 4 is 0 Å². The van der Waals surface area contributed by atoms with E-state index in [1.807, 2.05) is 6.20 Å². The van der Waals surface area contributed by atoms with E-state index in [0.717, 1.165) is 31.2 Å². The molecule has 0 saturated carbocycles. The zero-order valence-electron chi connectivity index (χ0n) is 10.6. The quantitative estimate of drug-likeness (QED) is 0.742. The summed E-state index contributed by atoms with van der Waals surface area (Å²) in [6.45, 7) is 7.78. The largest absolute Gasteiger partial charge is 0.329 e. The van der Waals surface area contributed by atoms with Gasteiger partial charge in [0.1, 0.15) is 0 Å². The molecular formula is C11H23N5. The van der Waals surface area contributed by atoms with Gasteiger partial charge in [-0.2, -0.15) is 0 Å². The average molecular weight is 225 g/mol. The fourth-order valence-electron chi connectivity index (χ4n) is 1.49. The van der Waals surface area contributed by atoms with Gasteiger partial charge in [0.15, 0.2) is 0 Å². The highest BCUT2D eigenvalue weighted by Gasteiger charge is 2.05. The summed E-state index contributed by atoms with van der Waals surface area (Å²) in [7, 11) is 2.12. The predicted molar refractivity (Wildman–Crippen MR) is 64.9 cm³/mol. The van der Waals surface area contributed by atoms with Gasteiger partial charge in [-0.25, -0.2) is 0 Å². The molecule has 0 spiro atoms. The second kappa shape index (κ2) is 6.60. The first kappa shape index (κ1) is 13.1. The third-order valence-corrected chi connectivity index (χ3v) is 2.46. The van der Waals surface area contributed by atoms with Crippen LogP contribution in [0.3, 0.4) is 0 Å². The molecule has 0 amide bonds. The van der Waals surface area contributed by atoms with Crippen LogP contribution in [0.5, 0.6) is 0 Å². The maximum atomic E-state index is 5.45. The van der Waals surface area contributed by atoms with Crippen LogP contribution in [0.15, 0.2) is 6.20 Å². The van der Waals surface area contributed by atoms with Crippen molar-refractivity contribution in [2.45, 2.75) is 33.4 Å². The van der Waals surface area contributed by atoms with E-state index in [1.165, 1.54) is 6.42 Å². The van der Waals surface area contributed by atoms with E-state index in [9.17, 15) is 0 Å². The first-order chi connectivity index (χ1) is 7.61. The zero-order chi connectivity index (χ0) is 12.0. The first-order valence-electron chi connectivity index (χ1n) is 5.89. The molecule has 0 saturated heterocycles. The third kappa shape index (κ3) is 4.72. The van der Waals surface area contributed by atoms with Gasteiger partial charge in [-0.15, -0.1) is 5.10 Å². The van der Waals surface area contributed by atoms with Crippen LogP contribution in [-0.4, -0.2) is 40.0 Å². The van der Waals surface area contributed by atoms with Crippen molar-refractivity contribution in [1.29, 1.82) is 0 Å². The topological polar surface area (TPSA) is 60.0 Å². The van der Waals surface area contributed by atoms with Gasteiger partial charge in [-0.3, -0.25) is 4.68 Å². The lowest BCUT2D eigenvalue weighted by Crippen LogP contribution is -2.20. The van der Waals surface area contributed by atoms with E-state index in [-0.39, 0.29) is 0 Å². The van der Waals surface area contributed by atoms with Crippen LogP contribution in [-0.2, 0) is 13.1 Å². The Hall–Kier alpha value is -0.940. The molecule has 0 aromatic carbocycles. The highest BCUT2D eigenvalue weighted by Crippen LogP contribution is 2.03. The van der Waals surface area contributed by atoms with Crippen LogP contribution >= 0.6 is 0 Å². The Morgan fingerprint density at radius 1 is 1.50 bits per heavy atom. The minimum Gasteiger partial charge on any atom is -0.329 e. The second-order valence-electron chi connectivity index (χ2n) is 4.68. The number of nitrogens with two attached hydrogens (primary N) is 1. The molecule has 1 rings (SSSR count). The molecule has 1 heterocycles. The molecule has 92 valence electrons. The molecule has 16 heavy (non-hydrogen) atoms. The molecule has 0 atom stereocenters. The summed E-state index contributed by atoms with van der Waals surface area (Å²) in [6, 6.07) is 0. The van der Waals surface area contributed by atoms with Crippen molar-refractivity contribution in [3.63, 3.8) is 0 Å². The standard InChI is InChI=1S/C11H23N5/c1-10(2)4-6-15(3)8-11-9-16(7-5-12)14-13-11/h9-10H,4-8,12H2,1-3H3. The van der Waals surface area contributed by atoms with Gasteiger partial charge in [0, 0.05) is 19.3 Å². The van der Waals surface area contributed by atoms with Crippen LogP contribution in [0.2, 0.25) is 0 Å². The van der Waals surface area contributed by atoms with Crippen LogP contribution in [0.1, 0.15) is 26.0 Å². The SMILES string of the molecule is CC(C)CCN(C)Cc1cn(CCN)nn1. The van der Waals surface area contributed by atoms with E-state index < -0.39 is 0 Å². The summed E-state index contributed by atoms with van der Waals surface area (Å²) in [6.07, 6.45) is 3.19. The zero-order valence-corrected chi connectivity index (χ0v) is 10.6. The number of hydrogen-bond acceptors (Lipinski definition) is 4. The fraction of sp³-hybridized carbons (Fsp3) is 0.818. The Bertz CT molecular complexity index is 294. The lowest BCUT2D eigenvalue weighted by Gasteiger charge is -2.15. The van der Waals surface area contributed by atoms with Gasteiger partial charge < -0.3 is 10.6 Å². The molecule has 5 nitrogen and oxygen atoms in total. The van der Waals surface area contributed by atoms with Crippen molar-refractivity contribution in [2.75, 3.05) is 20.1 Å². The summed E-state index contributed by atoms with van der Waals surface area (Å²) in [4.78, 5) is 2.27. The van der Waals surface area contributed by atoms with Crippen LogP contribution in [0.4, 0.5) is 0 Å². The molecule has 0 aliphatic carbocycles. The number of rotatable bonds is 7. The lowest BCUT2D eigenvalue weighted by molar-refractivity contribution is 0.300. The maximum Gasteiger partial charge on any atom is 0.0967 e. The maximum absolute atomic E-state index is 5.45. The molecule has 0 aliphatic rings. The minimum absolute atomic E-state index is 0.603. The lowest BCUT2D eigenvalue weighted by atomic mass is 10.1. The Morgan fingerprint density at radius 3 is 2.88 bits per heavy atom. The van der Waals surface area contributed by atoms with E-state index in [0.29, 0.717) is 6.54 Å². The Balaban J connectivity index is 2.34. The molecule has 2 N–H and O–H groups in total. The van der Waals surface area contributed by atoms with Crippen molar-refractivity contribution < 1.29 is 0 Å². The highest BCUT2D eigenvalue weighted by atomic mass is 15.4. The van der Waals surface area contributed by atoms with Crippen LogP contribution < -0.4 is 5.73 Å². The fourth-order valence-corrected chi connectivity index (χ4v) is 1.49. The van der Waals surface area contributed by atoms with E-state index >= 15 is 0 Å². The van der Waals surface area contributed by atoms with Crippen molar-refractivity contribution in [3.8, 4) is 0 Å². The predicted octanol–water partition coefficient (Wildman–Crippen LogP) is 0.715. The normalized spacial score (nSPS) is 11.6. The van der Waals surface area contributed by atoms with Gasteiger partial charge in [-0.05, 0) is 25.9 Å². The van der Waals surface area contributed by atoms with Crippen molar-refractivity contribution in [2.24, 2.45) is 11.7 Å². The molecule has 0 aliphatic heterocycles. The Labute approximate surface area is 97.6 Å². The van der Waals surface area contributed by atoms with E-state index in [2.05, 4.69) is 36.1 Å². The van der Waals surface area contributed by atoms with Crippen molar-refractivity contribution in [1.82, 2.24) is 19.9 Å². The van der Waals surface area contributed by atoms with Crippen LogP contribution in [0, 0.1) is 5.92 Å². The molecular weight excluding hydrogens is 202 g/mol. The number of nitrogens with zero attached hydrogens (tertiary/aromatic N) is 4. The Kier molecular flexibility index (Phi) is 5.42. The summed E-state index contributed by atoms with van der Waals surface area (Å²) < 4.78 is 1.80. The first-order valence-corrected chi connectivity index (χ1v) is 5.89. The summed E-state index contributed by atoms with van der Waals surface area (Å²) >= 11 is 0. The number of aromatic nitrogens is 3. The molecule has 1 aromatic heterocycles. The monoisotopic (exact) mass is 225 g/mol. The second-order valence-corrected chi connectivity index (χ2v) is 4.68.